The molecule has 0 aliphatic heterocycles. The number of benzene rings is 1. The molecule has 0 bridgehead atoms. The molecular formula is C12H19FN2O3S. The molecule has 2 N–H and O–H groups in total. The van der Waals surface area contributed by atoms with Crippen molar-refractivity contribution in [1.82, 2.24) is 4.31 Å². The first-order chi connectivity index (χ1) is 8.84. The van der Waals surface area contributed by atoms with E-state index in [1.54, 1.807) is 12.1 Å². The van der Waals surface area contributed by atoms with Crippen molar-refractivity contribution in [3.05, 3.63) is 29.8 Å². The molecule has 7 heteroatoms. The maximum absolute atomic E-state index is 12.6. The molecule has 0 aliphatic rings. The number of hydrogen-bond donors (Lipinski definition) is 1. The van der Waals surface area contributed by atoms with Crippen molar-refractivity contribution in [3.63, 3.8) is 0 Å². The molecule has 2 atom stereocenters. The fourth-order valence-corrected chi connectivity index (χ4v) is 2.58. The van der Waals surface area contributed by atoms with Crippen molar-refractivity contribution in [2.75, 3.05) is 27.9 Å². The van der Waals surface area contributed by atoms with Gasteiger partial charge in [-0.1, -0.05) is 12.1 Å². The van der Waals surface area contributed by atoms with Gasteiger partial charge >= 0.3 is 0 Å². The minimum atomic E-state index is -3.46. The molecule has 1 aromatic rings. The van der Waals surface area contributed by atoms with Crippen molar-refractivity contribution in [2.24, 2.45) is 5.73 Å². The Morgan fingerprint density at radius 2 is 1.84 bits per heavy atom. The van der Waals surface area contributed by atoms with Crippen LogP contribution in [0.1, 0.15) is 11.7 Å². The minimum Gasteiger partial charge on any atom is -0.375 e. The summed E-state index contributed by atoms with van der Waals surface area (Å²) in [5, 5.41) is 0. The largest absolute Gasteiger partial charge is 0.375 e. The summed E-state index contributed by atoms with van der Waals surface area (Å²) in [4.78, 5) is 0.171. The standard InChI is InChI=1S/C12H19FN2O3S/c1-15(2)19(16,17)10-6-4-9(5-7-10)12(18-3)11(14)8-13/h4-7,11-12H,8,14H2,1-3H3/t11-,12-/m1/s1. The van der Waals surface area contributed by atoms with Crippen LogP contribution in [-0.2, 0) is 14.8 Å². The Bertz CT molecular complexity index is 502. The summed E-state index contributed by atoms with van der Waals surface area (Å²) in [6.07, 6.45) is -0.596. The normalized spacial score (nSPS) is 15.5. The third kappa shape index (κ3) is 3.50. The molecule has 5 nitrogen and oxygen atoms in total. The Labute approximate surface area is 113 Å². The van der Waals surface area contributed by atoms with Crippen LogP contribution in [0.3, 0.4) is 0 Å². The zero-order valence-electron chi connectivity index (χ0n) is 11.2. The monoisotopic (exact) mass is 290 g/mol. The van der Waals surface area contributed by atoms with Gasteiger partial charge in [-0.15, -0.1) is 0 Å². The fraction of sp³-hybridized carbons (Fsp3) is 0.500. The van der Waals surface area contributed by atoms with E-state index in [1.165, 1.54) is 33.3 Å². The lowest BCUT2D eigenvalue weighted by Crippen LogP contribution is -2.31. The molecule has 0 saturated carbocycles. The highest BCUT2D eigenvalue weighted by atomic mass is 32.2. The van der Waals surface area contributed by atoms with Crippen LogP contribution in [-0.4, -0.2) is 46.6 Å². The molecule has 108 valence electrons. The number of halogens is 1. The predicted molar refractivity (Wildman–Crippen MR) is 71.0 cm³/mol. The minimum absolute atomic E-state index is 0.171. The highest BCUT2D eigenvalue weighted by Gasteiger charge is 2.21. The van der Waals surface area contributed by atoms with E-state index in [4.69, 9.17) is 10.5 Å². The first-order valence-electron chi connectivity index (χ1n) is 5.71. The molecule has 0 unspecified atom stereocenters. The van der Waals surface area contributed by atoms with Gasteiger partial charge < -0.3 is 10.5 Å². The number of nitrogens with zero attached hydrogens (tertiary/aromatic N) is 1. The van der Waals surface area contributed by atoms with Crippen LogP contribution >= 0.6 is 0 Å². The van der Waals surface area contributed by atoms with Gasteiger partial charge in [-0.2, -0.15) is 0 Å². The Balaban J connectivity index is 3.06. The van der Waals surface area contributed by atoms with Crippen LogP contribution < -0.4 is 5.73 Å². The molecule has 0 radical (unpaired) electrons. The molecule has 0 fully saturated rings. The van der Waals surface area contributed by atoms with Crippen molar-refractivity contribution in [1.29, 1.82) is 0 Å². The maximum atomic E-state index is 12.6. The highest BCUT2D eigenvalue weighted by Crippen LogP contribution is 2.22. The van der Waals surface area contributed by atoms with Crippen LogP contribution in [0.2, 0.25) is 0 Å². The lowest BCUT2D eigenvalue weighted by molar-refractivity contribution is 0.0720. The molecule has 0 heterocycles. The highest BCUT2D eigenvalue weighted by molar-refractivity contribution is 7.89. The fourth-order valence-electron chi connectivity index (χ4n) is 1.68. The Kier molecular flexibility index (Phi) is 5.42. The maximum Gasteiger partial charge on any atom is 0.242 e. The van der Waals surface area contributed by atoms with Gasteiger partial charge in [0.2, 0.25) is 10.0 Å². The zero-order chi connectivity index (χ0) is 14.6. The predicted octanol–water partition coefficient (Wildman–Crippen LogP) is 0.921. The first kappa shape index (κ1) is 16.0. The summed E-state index contributed by atoms with van der Waals surface area (Å²) in [6.45, 7) is -0.712. The Hall–Kier alpha value is -1.02. The van der Waals surface area contributed by atoms with Gasteiger partial charge in [0.25, 0.3) is 0 Å². The van der Waals surface area contributed by atoms with E-state index >= 15 is 0 Å². The van der Waals surface area contributed by atoms with Gasteiger partial charge in [0.05, 0.1) is 17.0 Å². The number of methoxy groups -OCH3 is 1. The number of sulfonamides is 1. The van der Waals surface area contributed by atoms with Gasteiger partial charge in [0.15, 0.2) is 0 Å². The second-order valence-corrected chi connectivity index (χ2v) is 6.48. The number of alkyl halides is 1. The van der Waals surface area contributed by atoms with E-state index in [1.807, 2.05) is 0 Å². The molecule has 1 rings (SSSR count). The van der Waals surface area contributed by atoms with Crippen LogP contribution in [0, 0.1) is 0 Å². The Morgan fingerprint density at radius 1 is 1.32 bits per heavy atom. The molecule has 19 heavy (non-hydrogen) atoms. The molecule has 0 amide bonds. The smallest absolute Gasteiger partial charge is 0.242 e. The Morgan fingerprint density at radius 3 is 2.21 bits per heavy atom. The van der Waals surface area contributed by atoms with Crippen molar-refractivity contribution in [2.45, 2.75) is 17.0 Å². The van der Waals surface area contributed by atoms with Crippen LogP contribution in [0.25, 0.3) is 0 Å². The summed E-state index contributed by atoms with van der Waals surface area (Å²) in [7, 11) is 0.888. The number of hydrogen-bond acceptors (Lipinski definition) is 4. The summed E-state index contributed by atoms with van der Waals surface area (Å²) >= 11 is 0. The lowest BCUT2D eigenvalue weighted by Gasteiger charge is -2.21. The van der Waals surface area contributed by atoms with Gasteiger partial charge in [-0.25, -0.2) is 17.1 Å². The van der Waals surface area contributed by atoms with Crippen molar-refractivity contribution < 1.29 is 17.5 Å². The summed E-state index contributed by atoms with van der Waals surface area (Å²) < 4.78 is 42.6. The van der Waals surface area contributed by atoms with Crippen molar-refractivity contribution >= 4 is 10.0 Å². The topological polar surface area (TPSA) is 72.6 Å². The molecule has 0 aromatic heterocycles. The second kappa shape index (κ2) is 6.42. The molecular weight excluding hydrogens is 271 g/mol. The van der Waals surface area contributed by atoms with Crippen LogP contribution in [0.5, 0.6) is 0 Å². The van der Waals surface area contributed by atoms with E-state index < -0.39 is 28.8 Å². The van der Waals surface area contributed by atoms with E-state index in [-0.39, 0.29) is 4.90 Å². The van der Waals surface area contributed by atoms with E-state index in [2.05, 4.69) is 0 Å². The number of rotatable bonds is 6. The molecule has 0 aliphatic carbocycles. The van der Waals surface area contributed by atoms with Gasteiger partial charge in [0.1, 0.15) is 6.67 Å². The number of ether oxygens (including phenoxy) is 1. The zero-order valence-corrected chi connectivity index (χ0v) is 12.0. The number of nitrogens with two attached hydrogens (primary N) is 1. The third-order valence-corrected chi connectivity index (χ3v) is 4.64. The first-order valence-corrected chi connectivity index (χ1v) is 7.15. The van der Waals surface area contributed by atoms with E-state index in [0.29, 0.717) is 5.56 Å². The van der Waals surface area contributed by atoms with Crippen LogP contribution in [0.15, 0.2) is 29.2 Å². The summed E-state index contributed by atoms with van der Waals surface area (Å²) in [6, 6.07) is 5.31. The average molecular weight is 290 g/mol. The SMILES string of the molecule is CO[C@H](c1ccc(S(=O)(=O)N(C)C)cc1)[C@H](N)CF. The quantitative estimate of drug-likeness (QED) is 0.845. The van der Waals surface area contributed by atoms with E-state index in [0.717, 1.165) is 4.31 Å². The lowest BCUT2D eigenvalue weighted by atomic mass is 10.0. The molecule has 0 spiro atoms. The average Bonchev–Trinajstić information content (AvgIpc) is 2.39. The summed E-state index contributed by atoms with van der Waals surface area (Å²) in [5.74, 6) is 0. The van der Waals surface area contributed by atoms with E-state index in [9.17, 15) is 12.8 Å². The van der Waals surface area contributed by atoms with Gasteiger partial charge in [-0.3, -0.25) is 0 Å². The third-order valence-electron chi connectivity index (χ3n) is 2.81. The van der Waals surface area contributed by atoms with Crippen LogP contribution in [0.4, 0.5) is 4.39 Å². The molecule has 0 saturated heterocycles. The molecule has 1 aromatic carbocycles. The second-order valence-electron chi connectivity index (χ2n) is 4.33. The summed E-state index contributed by atoms with van der Waals surface area (Å²) in [5.41, 5.74) is 6.25. The van der Waals surface area contributed by atoms with Gasteiger partial charge in [-0.05, 0) is 17.7 Å². The van der Waals surface area contributed by atoms with Crippen molar-refractivity contribution in [3.8, 4) is 0 Å². The van der Waals surface area contributed by atoms with Gasteiger partial charge in [0, 0.05) is 21.2 Å².